The van der Waals surface area contributed by atoms with Crippen molar-refractivity contribution in [2.24, 2.45) is 0 Å². The van der Waals surface area contributed by atoms with Crippen LogP contribution in [-0.4, -0.2) is 53.1 Å². The molecular formula is C20H22ClNO7S. The number of esters is 1. The van der Waals surface area contributed by atoms with Gasteiger partial charge in [-0.3, -0.25) is 0 Å². The zero-order chi connectivity index (χ0) is 21.9. The zero-order valence-electron chi connectivity index (χ0n) is 16.8. The highest BCUT2D eigenvalue weighted by atomic mass is 35.5. The summed E-state index contributed by atoms with van der Waals surface area (Å²) in [7, 11) is 0.340. The third kappa shape index (κ3) is 4.63. The van der Waals surface area contributed by atoms with Gasteiger partial charge in [-0.05, 0) is 35.9 Å². The summed E-state index contributed by atoms with van der Waals surface area (Å²) in [6.07, 6.45) is 0.741. The lowest BCUT2D eigenvalue weighted by Gasteiger charge is -2.15. The molecule has 0 amide bonds. The number of hydrogen-bond donors (Lipinski definition) is 0. The van der Waals surface area contributed by atoms with E-state index in [0.717, 1.165) is 10.7 Å². The summed E-state index contributed by atoms with van der Waals surface area (Å²) in [4.78, 5) is 12.4. The van der Waals surface area contributed by atoms with Crippen LogP contribution in [0.3, 0.4) is 0 Å². The number of benzene rings is 2. The topological polar surface area (TPSA) is 91.4 Å². The van der Waals surface area contributed by atoms with Crippen molar-refractivity contribution in [3.05, 3.63) is 46.5 Å². The van der Waals surface area contributed by atoms with E-state index in [-0.39, 0.29) is 22.8 Å². The predicted octanol–water partition coefficient (Wildman–Crippen LogP) is 3.12. The lowest BCUT2D eigenvalue weighted by molar-refractivity contribution is 0.0472. The molecule has 8 nitrogen and oxygen atoms in total. The van der Waals surface area contributed by atoms with Crippen LogP contribution >= 0.6 is 11.6 Å². The maximum Gasteiger partial charge on any atom is 0.338 e. The lowest BCUT2D eigenvalue weighted by atomic mass is 10.2. The third-order valence-electron chi connectivity index (χ3n) is 4.39. The number of nitrogens with zero attached hydrogens (tertiary/aromatic N) is 1. The van der Waals surface area contributed by atoms with Crippen LogP contribution in [0.5, 0.6) is 17.2 Å². The molecule has 0 aliphatic carbocycles. The van der Waals surface area contributed by atoms with Crippen molar-refractivity contribution in [3.63, 3.8) is 0 Å². The average Bonchev–Trinajstić information content (AvgIpc) is 2.97. The summed E-state index contributed by atoms with van der Waals surface area (Å²) < 4.78 is 47.8. The summed E-state index contributed by atoms with van der Waals surface area (Å²) in [5.74, 6) is 0.416. The van der Waals surface area contributed by atoms with E-state index < -0.39 is 16.0 Å². The fourth-order valence-electron chi connectivity index (χ4n) is 2.80. The first kappa shape index (κ1) is 22.2. The van der Waals surface area contributed by atoms with Crippen LogP contribution in [0.2, 0.25) is 5.02 Å². The summed E-state index contributed by atoms with van der Waals surface area (Å²) >= 11 is 6.26. The smallest absolute Gasteiger partial charge is 0.338 e. The Morgan fingerprint density at radius 2 is 1.90 bits per heavy atom. The van der Waals surface area contributed by atoms with E-state index in [1.807, 2.05) is 0 Å². The monoisotopic (exact) mass is 455 g/mol. The van der Waals surface area contributed by atoms with Gasteiger partial charge in [0.2, 0.25) is 10.0 Å². The second-order valence-electron chi connectivity index (χ2n) is 6.68. The fraction of sp³-hybridized carbons (Fsp3) is 0.350. The van der Waals surface area contributed by atoms with Crippen molar-refractivity contribution in [1.82, 2.24) is 4.31 Å². The van der Waals surface area contributed by atoms with E-state index in [4.69, 9.17) is 30.5 Å². The first-order valence-corrected chi connectivity index (χ1v) is 10.9. The molecule has 2 aromatic carbocycles. The standard InChI is InChI=1S/C20H22ClNO7S/c1-22(2)30(24,25)18-11-14(5-6-16(18)26-3)20(23)29-12-13-9-15(21)19-17(10-13)27-7-4-8-28-19/h5-6,9-11H,4,7-8,12H2,1-3H3. The highest BCUT2D eigenvalue weighted by molar-refractivity contribution is 7.89. The lowest BCUT2D eigenvalue weighted by Crippen LogP contribution is -2.23. The Morgan fingerprint density at radius 3 is 2.60 bits per heavy atom. The molecule has 0 aromatic heterocycles. The van der Waals surface area contributed by atoms with Crippen molar-refractivity contribution in [1.29, 1.82) is 0 Å². The molecule has 0 bridgehead atoms. The largest absolute Gasteiger partial charge is 0.495 e. The highest BCUT2D eigenvalue weighted by Gasteiger charge is 2.24. The maximum atomic E-state index is 12.5. The Labute approximate surface area is 180 Å². The van der Waals surface area contributed by atoms with Crippen molar-refractivity contribution < 1.29 is 32.2 Å². The Hall–Kier alpha value is -2.49. The van der Waals surface area contributed by atoms with Crippen molar-refractivity contribution in [3.8, 4) is 17.2 Å². The molecule has 30 heavy (non-hydrogen) atoms. The SMILES string of the molecule is COc1ccc(C(=O)OCc2cc(Cl)c3c(c2)OCCCO3)cc1S(=O)(=O)N(C)C. The van der Waals surface area contributed by atoms with E-state index in [1.54, 1.807) is 12.1 Å². The van der Waals surface area contributed by atoms with Crippen LogP contribution in [0, 0.1) is 0 Å². The van der Waals surface area contributed by atoms with Gasteiger partial charge in [0.1, 0.15) is 17.3 Å². The second kappa shape index (κ2) is 9.11. The zero-order valence-corrected chi connectivity index (χ0v) is 18.4. The van der Waals surface area contributed by atoms with E-state index in [9.17, 15) is 13.2 Å². The van der Waals surface area contributed by atoms with E-state index in [0.29, 0.717) is 35.3 Å². The molecule has 1 heterocycles. The quantitative estimate of drug-likeness (QED) is 0.618. The van der Waals surface area contributed by atoms with Gasteiger partial charge in [-0.15, -0.1) is 0 Å². The van der Waals surface area contributed by atoms with Crippen LogP contribution in [0.25, 0.3) is 0 Å². The van der Waals surface area contributed by atoms with Gasteiger partial charge in [0, 0.05) is 20.5 Å². The van der Waals surface area contributed by atoms with Crippen LogP contribution in [0.1, 0.15) is 22.3 Å². The van der Waals surface area contributed by atoms with Crippen LogP contribution < -0.4 is 14.2 Å². The summed E-state index contributed by atoms with van der Waals surface area (Å²) in [6.45, 7) is 0.940. The average molecular weight is 456 g/mol. The van der Waals surface area contributed by atoms with Crippen molar-refractivity contribution in [2.75, 3.05) is 34.4 Å². The normalized spacial score (nSPS) is 13.6. The molecule has 0 spiro atoms. The number of rotatable bonds is 6. The van der Waals surface area contributed by atoms with E-state index >= 15 is 0 Å². The molecule has 1 aliphatic rings. The first-order chi connectivity index (χ1) is 14.2. The summed E-state index contributed by atoms with van der Waals surface area (Å²) in [5, 5.41) is 0.365. The van der Waals surface area contributed by atoms with Gasteiger partial charge in [-0.2, -0.15) is 0 Å². The Kier molecular flexibility index (Phi) is 6.74. The van der Waals surface area contributed by atoms with Gasteiger partial charge in [0.15, 0.2) is 11.5 Å². The number of carbonyl (C=O) groups excluding carboxylic acids is 1. The van der Waals surface area contributed by atoms with Crippen molar-refractivity contribution in [2.45, 2.75) is 17.9 Å². The first-order valence-electron chi connectivity index (χ1n) is 9.09. The molecule has 3 rings (SSSR count). The number of fused-ring (bicyclic) bond motifs is 1. The minimum atomic E-state index is -3.81. The third-order valence-corrected chi connectivity index (χ3v) is 6.51. The molecule has 0 saturated carbocycles. The molecule has 10 heteroatoms. The Bertz CT molecular complexity index is 1050. The van der Waals surface area contributed by atoms with E-state index in [2.05, 4.69) is 0 Å². The predicted molar refractivity (Wildman–Crippen MR) is 110 cm³/mol. The molecule has 162 valence electrons. The molecule has 0 atom stereocenters. The summed E-state index contributed by atoms with van der Waals surface area (Å²) in [6, 6.07) is 7.43. The van der Waals surface area contributed by atoms with Gasteiger partial charge in [0.25, 0.3) is 0 Å². The van der Waals surface area contributed by atoms with Gasteiger partial charge in [-0.1, -0.05) is 11.6 Å². The fourth-order valence-corrected chi connectivity index (χ4v) is 4.16. The minimum absolute atomic E-state index is 0.0724. The highest BCUT2D eigenvalue weighted by Crippen LogP contribution is 2.38. The van der Waals surface area contributed by atoms with Crippen LogP contribution in [0.4, 0.5) is 0 Å². The molecule has 0 N–H and O–H groups in total. The molecule has 0 fully saturated rings. The minimum Gasteiger partial charge on any atom is -0.495 e. The molecular weight excluding hydrogens is 434 g/mol. The van der Waals surface area contributed by atoms with Crippen LogP contribution in [-0.2, 0) is 21.4 Å². The van der Waals surface area contributed by atoms with Crippen molar-refractivity contribution >= 4 is 27.6 Å². The number of methoxy groups -OCH3 is 1. The summed E-state index contributed by atoms with van der Waals surface area (Å²) in [5.41, 5.74) is 0.698. The van der Waals surface area contributed by atoms with E-state index in [1.165, 1.54) is 39.4 Å². The maximum absolute atomic E-state index is 12.5. The van der Waals surface area contributed by atoms with Gasteiger partial charge >= 0.3 is 5.97 Å². The van der Waals surface area contributed by atoms with Gasteiger partial charge < -0.3 is 18.9 Å². The Balaban J connectivity index is 1.80. The molecule has 1 aliphatic heterocycles. The number of hydrogen-bond acceptors (Lipinski definition) is 7. The van der Waals surface area contributed by atoms with Crippen LogP contribution in [0.15, 0.2) is 35.2 Å². The molecule has 0 radical (unpaired) electrons. The Morgan fingerprint density at radius 1 is 1.17 bits per heavy atom. The molecule has 2 aromatic rings. The molecule has 0 saturated heterocycles. The molecule has 0 unspecified atom stereocenters. The number of carbonyl (C=O) groups is 1. The second-order valence-corrected chi connectivity index (χ2v) is 9.21. The number of ether oxygens (including phenoxy) is 4. The number of halogens is 1. The number of sulfonamides is 1. The van der Waals surface area contributed by atoms with Gasteiger partial charge in [0.05, 0.1) is 30.9 Å². The van der Waals surface area contributed by atoms with Gasteiger partial charge in [-0.25, -0.2) is 17.5 Å².